The summed E-state index contributed by atoms with van der Waals surface area (Å²) < 4.78 is 12.9. The van der Waals surface area contributed by atoms with E-state index in [0.29, 0.717) is 23.3 Å². The third-order valence-electron chi connectivity index (χ3n) is 6.55. The summed E-state index contributed by atoms with van der Waals surface area (Å²) in [5, 5.41) is 2.78. The molecule has 3 N–H and O–H groups in total. The Kier molecular flexibility index (Phi) is 5.08. The van der Waals surface area contributed by atoms with Gasteiger partial charge in [0, 0.05) is 5.41 Å². The third kappa shape index (κ3) is 4.03. The lowest BCUT2D eigenvalue weighted by Crippen LogP contribution is -2.55. The van der Waals surface area contributed by atoms with Crippen LogP contribution < -0.4 is 16.2 Å². The van der Waals surface area contributed by atoms with Gasteiger partial charge >= 0.3 is 0 Å². The van der Waals surface area contributed by atoms with E-state index in [-0.39, 0.29) is 30.1 Å². The van der Waals surface area contributed by atoms with E-state index in [1.165, 1.54) is 43.5 Å². The molecule has 4 aliphatic carbocycles. The highest BCUT2D eigenvalue weighted by atomic mass is 19.1. The van der Waals surface area contributed by atoms with Crippen LogP contribution in [0.5, 0.6) is 0 Å². The standard InChI is InChI=1S/C21H26FN3O3/c22-17-3-1-13(2-4-17)8-18(26)24-25-19(27)12-23-20(28)21-9-14-5-15(10-21)7-16(6-14)11-21/h1-4,14-16H,5-12H2,(H,23,28)(H,24,26)(H,25,27). The van der Waals surface area contributed by atoms with E-state index in [0.717, 1.165) is 19.3 Å². The minimum Gasteiger partial charge on any atom is -0.346 e. The minimum absolute atomic E-state index is 0.0145. The van der Waals surface area contributed by atoms with Crippen molar-refractivity contribution in [1.82, 2.24) is 16.2 Å². The summed E-state index contributed by atoms with van der Waals surface area (Å²) in [5.74, 6) is 0.731. The molecule has 0 saturated heterocycles. The number of carbonyl (C=O) groups is 3. The number of nitrogens with one attached hydrogen (secondary N) is 3. The zero-order valence-corrected chi connectivity index (χ0v) is 15.8. The van der Waals surface area contributed by atoms with Crippen LogP contribution in [0.15, 0.2) is 24.3 Å². The average molecular weight is 387 g/mol. The molecule has 6 nitrogen and oxygen atoms in total. The minimum atomic E-state index is -0.467. The summed E-state index contributed by atoms with van der Waals surface area (Å²) in [5.41, 5.74) is 4.99. The number of hydrogen-bond donors (Lipinski definition) is 3. The molecule has 3 amide bonds. The second-order valence-electron chi connectivity index (χ2n) is 8.78. The van der Waals surface area contributed by atoms with Crippen molar-refractivity contribution in [2.75, 3.05) is 6.54 Å². The molecule has 0 radical (unpaired) electrons. The fourth-order valence-corrected chi connectivity index (χ4v) is 5.75. The fourth-order valence-electron chi connectivity index (χ4n) is 5.75. The number of hydrogen-bond acceptors (Lipinski definition) is 3. The molecule has 0 aliphatic heterocycles. The number of rotatable bonds is 5. The normalized spacial score (nSPS) is 30.0. The summed E-state index contributed by atoms with van der Waals surface area (Å²) in [6.45, 7) is -0.155. The second-order valence-corrected chi connectivity index (χ2v) is 8.78. The van der Waals surface area contributed by atoms with Gasteiger partial charge in [-0.05, 0) is 74.0 Å². The highest BCUT2D eigenvalue weighted by Crippen LogP contribution is 2.60. The largest absolute Gasteiger partial charge is 0.346 e. The van der Waals surface area contributed by atoms with Gasteiger partial charge in [-0.1, -0.05) is 12.1 Å². The highest BCUT2D eigenvalue weighted by molar-refractivity contribution is 5.89. The van der Waals surface area contributed by atoms with Crippen LogP contribution in [0.2, 0.25) is 0 Å². The zero-order chi connectivity index (χ0) is 19.7. The first-order valence-corrected chi connectivity index (χ1v) is 10.0. The monoisotopic (exact) mass is 387 g/mol. The van der Waals surface area contributed by atoms with E-state index >= 15 is 0 Å². The number of halogens is 1. The second kappa shape index (κ2) is 7.53. The molecule has 0 atom stereocenters. The lowest BCUT2D eigenvalue weighted by Gasteiger charge is -2.55. The van der Waals surface area contributed by atoms with E-state index in [1.54, 1.807) is 0 Å². The van der Waals surface area contributed by atoms with E-state index < -0.39 is 11.8 Å². The van der Waals surface area contributed by atoms with Crippen LogP contribution in [0.25, 0.3) is 0 Å². The first-order chi connectivity index (χ1) is 13.4. The van der Waals surface area contributed by atoms with Crippen LogP contribution in [0.4, 0.5) is 4.39 Å². The number of amides is 3. The number of carbonyl (C=O) groups excluding carboxylic acids is 3. The first kappa shape index (κ1) is 18.9. The van der Waals surface area contributed by atoms with Crippen LogP contribution in [-0.2, 0) is 20.8 Å². The maximum Gasteiger partial charge on any atom is 0.257 e. The zero-order valence-electron chi connectivity index (χ0n) is 15.8. The molecule has 4 bridgehead atoms. The van der Waals surface area contributed by atoms with E-state index in [4.69, 9.17) is 0 Å². The van der Waals surface area contributed by atoms with E-state index in [2.05, 4.69) is 16.2 Å². The fraction of sp³-hybridized carbons (Fsp3) is 0.571. The maximum absolute atomic E-state index is 12.9. The lowest BCUT2D eigenvalue weighted by atomic mass is 9.49. The van der Waals surface area contributed by atoms with Gasteiger partial charge in [-0.2, -0.15) is 0 Å². The Morgan fingerprint density at radius 3 is 2.00 bits per heavy atom. The molecular formula is C21H26FN3O3. The Balaban J connectivity index is 1.21. The van der Waals surface area contributed by atoms with Gasteiger partial charge in [0.05, 0.1) is 13.0 Å². The summed E-state index contributed by atoms with van der Waals surface area (Å²) in [6, 6.07) is 5.59. The van der Waals surface area contributed by atoms with Gasteiger partial charge in [-0.3, -0.25) is 25.2 Å². The molecule has 0 unspecified atom stereocenters. The molecule has 4 aliphatic rings. The van der Waals surface area contributed by atoms with E-state index in [9.17, 15) is 18.8 Å². The topological polar surface area (TPSA) is 87.3 Å². The van der Waals surface area contributed by atoms with Crippen molar-refractivity contribution < 1.29 is 18.8 Å². The van der Waals surface area contributed by atoms with Crippen molar-refractivity contribution in [1.29, 1.82) is 0 Å². The van der Waals surface area contributed by atoms with Gasteiger partial charge in [0.1, 0.15) is 5.82 Å². The Morgan fingerprint density at radius 2 is 1.43 bits per heavy atom. The van der Waals surface area contributed by atoms with Crippen LogP contribution in [-0.4, -0.2) is 24.3 Å². The Bertz CT molecular complexity index is 742. The quantitative estimate of drug-likeness (QED) is 0.674. The smallest absolute Gasteiger partial charge is 0.257 e. The molecule has 5 rings (SSSR count). The SMILES string of the molecule is O=C(CNC(=O)C12CC3CC(CC(C3)C1)C2)NNC(=O)Cc1ccc(F)cc1. The van der Waals surface area contributed by atoms with Gasteiger partial charge < -0.3 is 5.32 Å². The molecular weight excluding hydrogens is 361 g/mol. The van der Waals surface area contributed by atoms with Crippen LogP contribution >= 0.6 is 0 Å². The molecule has 0 heterocycles. The number of benzene rings is 1. The molecule has 0 spiro atoms. The first-order valence-electron chi connectivity index (χ1n) is 10.0. The molecule has 7 heteroatoms. The van der Waals surface area contributed by atoms with Gasteiger partial charge in [-0.25, -0.2) is 4.39 Å². The van der Waals surface area contributed by atoms with Crippen molar-refractivity contribution in [3.8, 4) is 0 Å². The van der Waals surface area contributed by atoms with Crippen LogP contribution in [0.1, 0.15) is 44.1 Å². The van der Waals surface area contributed by atoms with Gasteiger partial charge in [-0.15, -0.1) is 0 Å². The van der Waals surface area contributed by atoms with Gasteiger partial charge in [0.2, 0.25) is 11.8 Å². The van der Waals surface area contributed by atoms with Gasteiger partial charge in [0.15, 0.2) is 0 Å². The predicted octanol–water partition coefficient (Wildman–Crippen LogP) is 1.85. The molecule has 150 valence electrons. The van der Waals surface area contributed by atoms with Crippen LogP contribution in [0.3, 0.4) is 0 Å². The average Bonchev–Trinajstić information content (AvgIpc) is 2.65. The molecule has 4 saturated carbocycles. The molecule has 1 aromatic rings. The molecule has 1 aromatic carbocycles. The van der Waals surface area contributed by atoms with Crippen molar-refractivity contribution in [3.63, 3.8) is 0 Å². The summed E-state index contributed by atoms with van der Waals surface area (Å²) in [4.78, 5) is 36.6. The van der Waals surface area contributed by atoms with Crippen molar-refractivity contribution in [2.45, 2.75) is 44.9 Å². The predicted molar refractivity (Wildman–Crippen MR) is 100 cm³/mol. The molecule has 0 aromatic heterocycles. The third-order valence-corrected chi connectivity index (χ3v) is 6.55. The van der Waals surface area contributed by atoms with Gasteiger partial charge in [0.25, 0.3) is 5.91 Å². The summed E-state index contributed by atoms with van der Waals surface area (Å²) in [7, 11) is 0. The Hall–Kier alpha value is -2.44. The van der Waals surface area contributed by atoms with Crippen molar-refractivity contribution >= 4 is 17.7 Å². The lowest BCUT2D eigenvalue weighted by molar-refractivity contribution is -0.147. The van der Waals surface area contributed by atoms with Crippen molar-refractivity contribution in [3.05, 3.63) is 35.6 Å². The Morgan fingerprint density at radius 1 is 0.893 bits per heavy atom. The maximum atomic E-state index is 12.9. The molecule has 4 fully saturated rings. The van der Waals surface area contributed by atoms with Crippen LogP contribution in [0, 0.1) is 29.0 Å². The number of hydrazine groups is 1. The highest BCUT2D eigenvalue weighted by Gasteiger charge is 2.54. The van der Waals surface area contributed by atoms with E-state index in [1.807, 2.05) is 0 Å². The van der Waals surface area contributed by atoms with Crippen molar-refractivity contribution in [2.24, 2.45) is 23.2 Å². The summed E-state index contributed by atoms with van der Waals surface area (Å²) in [6.07, 6.45) is 6.63. The Labute approximate surface area is 163 Å². The summed E-state index contributed by atoms with van der Waals surface area (Å²) >= 11 is 0. The molecule has 28 heavy (non-hydrogen) atoms.